The molecule has 0 aromatic heterocycles. The largest absolute Gasteiger partial charge is 0.497 e. The van der Waals surface area contributed by atoms with Crippen molar-refractivity contribution in [2.45, 2.75) is 49.7 Å². The number of nitrogens with one attached hydrogen (secondary N) is 1. The topological polar surface area (TPSA) is 88.1 Å². The van der Waals surface area contributed by atoms with Crippen LogP contribution in [0.15, 0.2) is 67.3 Å². The molecule has 1 amide bonds. The van der Waals surface area contributed by atoms with E-state index >= 15 is 0 Å². The van der Waals surface area contributed by atoms with Crippen molar-refractivity contribution >= 4 is 18.0 Å². The number of nitrogens with zero attached hydrogens (tertiary/aromatic N) is 1. The van der Waals surface area contributed by atoms with E-state index in [1.54, 1.807) is 19.3 Å². The maximum absolute atomic E-state index is 12.9. The van der Waals surface area contributed by atoms with E-state index < -0.39 is 11.0 Å². The molecule has 0 bridgehead atoms. The molecule has 2 aromatic rings. The van der Waals surface area contributed by atoms with Crippen molar-refractivity contribution in [2.24, 2.45) is 0 Å². The minimum absolute atomic E-state index is 0.105. The van der Waals surface area contributed by atoms with Gasteiger partial charge in [0.1, 0.15) is 11.5 Å². The lowest BCUT2D eigenvalue weighted by molar-refractivity contribution is -0.132. The van der Waals surface area contributed by atoms with Crippen molar-refractivity contribution in [2.75, 3.05) is 26.7 Å². The van der Waals surface area contributed by atoms with Crippen molar-refractivity contribution in [1.82, 2.24) is 10.2 Å². The second kappa shape index (κ2) is 11.3. The lowest BCUT2D eigenvalue weighted by Crippen LogP contribution is -2.67. The number of methoxy groups -OCH3 is 1. The van der Waals surface area contributed by atoms with Gasteiger partial charge in [-0.05, 0) is 73.7 Å². The number of esters is 1. The van der Waals surface area contributed by atoms with E-state index in [4.69, 9.17) is 9.47 Å². The predicted molar refractivity (Wildman–Crippen MR) is 143 cm³/mol. The summed E-state index contributed by atoms with van der Waals surface area (Å²) in [5.41, 5.74) is 0.229. The van der Waals surface area contributed by atoms with Crippen LogP contribution in [-0.2, 0) is 15.0 Å². The van der Waals surface area contributed by atoms with Gasteiger partial charge in [0.25, 0.3) is 0 Å². The van der Waals surface area contributed by atoms with Crippen LogP contribution in [0.3, 0.4) is 0 Å². The first-order chi connectivity index (χ1) is 17.8. The molecule has 0 spiro atoms. The Balaban J connectivity index is 1.57. The van der Waals surface area contributed by atoms with Gasteiger partial charge in [0.05, 0.1) is 12.7 Å². The summed E-state index contributed by atoms with van der Waals surface area (Å²) in [6.07, 6.45) is 7.68. The van der Waals surface area contributed by atoms with Crippen LogP contribution in [0.2, 0.25) is 0 Å². The normalized spacial score (nSPS) is 25.8. The summed E-state index contributed by atoms with van der Waals surface area (Å²) in [6.45, 7) is 7.26. The molecule has 0 radical (unpaired) electrons. The average molecular weight is 505 g/mol. The highest BCUT2D eigenvalue weighted by Gasteiger charge is 2.57. The second-order valence-corrected chi connectivity index (χ2v) is 10.1. The maximum Gasteiger partial charge on any atom is 0.308 e. The lowest BCUT2D eigenvalue weighted by Gasteiger charge is -2.58. The molecule has 196 valence electrons. The predicted octanol–water partition coefficient (Wildman–Crippen LogP) is 3.86. The van der Waals surface area contributed by atoms with Crippen LogP contribution in [0.5, 0.6) is 11.5 Å². The third-order valence-electron chi connectivity index (χ3n) is 7.63. The van der Waals surface area contributed by atoms with Crippen LogP contribution >= 0.6 is 0 Å². The number of piperidine rings is 1. The monoisotopic (exact) mass is 504 g/mol. The van der Waals surface area contributed by atoms with E-state index in [2.05, 4.69) is 16.8 Å². The molecule has 1 saturated carbocycles. The molecule has 1 aliphatic carbocycles. The van der Waals surface area contributed by atoms with Gasteiger partial charge in [-0.2, -0.15) is 0 Å². The fourth-order valence-corrected chi connectivity index (χ4v) is 5.91. The molecule has 1 aliphatic heterocycles. The van der Waals surface area contributed by atoms with Gasteiger partial charge in [-0.3, -0.25) is 14.5 Å². The molecule has 2 aromatic carbocycles. The number of likely N-dealkylation sites (tertiary alicyclic amines) is 1. The quantitative estimate of drug-likeness (QED) is 0.246. The third-order valence-corrected chi connectivity index (χ3v) is 7.63. The fourth-order valence-electron chi connectivity index (χ4n) is 5.91. The molecule has 2 aliphatic rings. The number of hydrogen-bond donors (Lipinski definition) is 2. The van der Waals surface area contributed by atoms with Crippen molar-refractivity contribution in [1.29, 1.82) is 0 Å². The number of benzene rings is 2. The van der Waals surface area contributed by atoms with E-state index in [9.17, 15) is 14.7 Å². The minimum atomic E-state index is -0.985. The Morgan fingerprint density at radius 3 is 2.73 bits per heavy atom. The summed E-state index contributed by atoms with van der Waals surface area (Å²) in [6, 6.07) is 14.9. The Morgan fingerprint density at radius 2 is 1.97 bits per heavy atom. The molecule has 3 atom stereocenters. The van der Waals surface area contributed by atoms with Gasteiger partial charge < -0.3 is 19.9 Å². The highest BCUT2D eigenvalue weighted by Crippen LogP contribution is 2.52. The van der Waals surface area contributed by atoms with Gasteiger partial charge in [-0.15, -0.1) is 6.58 Å². The summed E-state index contributed by atoms with van der Waals surface area (Å²) in [5.74, 6) is 0.631. The zero-order chi connectivity index (χ0) is 26.5. The Labute approximate surface area is 218 Å². The Hall–Kier alpha value is -3.42. The van der Waals surface area contributed by atoms with Gasteiger partial charge in [0.15, 0.2) is 0 Å². The molecule has 2 N–H and O–H groups in total. The van der Waals surface area contributed by atoms with Crippen molar-refractivity contribution in [3.8, 4) is 11.5 Å². The van der Waals surface area contributed by atoms with Crippen LogP contribution in [0.25, 0.3) is 6.08 Å². The molecule has 7 nitrogen and oxygen atoms in total. The number of carbonyl (C=O) groups excluding carboxylic acids is 2. The van der Waals surface area contributed by atoms with Crippen molar-refractivity contribution < 1.29 is 24.2 Å². The van der Waals surface area contributed by atoms with Crippen LogP contribution in [-0.4, -0.2) is 60.3 Å². The van der Waals surface area contributed by atoms with E-state index in [-0.39, 0.29) is 17.9 Å². The molecule has 1 heterocycles. The molecule has 0 unspecified atom stereocenters. The van der Waals surface area contributed by atoms with Crippen LogP contribution in [0, 0.1) is 0 Å². The highest BCUT2D eigenvalue weighted by molar-refractivity contribution is 5.92. The number of carbonyl (C=O) groups is 2. The summed E-state index contributed by atoms with van der Waals surface area (Å²) >= 11 is 0. The fraction of sp³-hybridized carbons (Fsp3) is 0.400. The zero-order valence-electron chi connectivity index (χ0n) is 21.6. The van der Waals surface area contributed by atoms with Gasteiger partial charge in [-0.1, -0.05) is 30.3 Å². The average Bonchev–Trinajstić information content (AvgIpc) is 2.88. The number of aliphatic hydroxyl groups is 1. The summed E-state index contributed by atoms with van der Waals surface area (Å²) in [5, 5.41) is 15.3. The molecular weight excluding hydrogens is 468 g/mol. The Kier molecular flexibility index (Phi) is 8.15. The zero-order valence-corrected chi connectivity index (χ0v) is 21.6. The van der Waals surface area contributed by atoms with Crippen LogP contribution < -0.4 is 14.8 Å². The Morgan fingerprint density at radius 1 is 1.19 bits per heavy atom. The highest BCUT2D eigenvalue weighted by atomic mass is 16.5. The van der Waals surface area contributed by atoms with Gasteiger partial charge in [0, 0.05) is 37.5 Å². The number of β-amino-alcohol motifs (C(OH)–C–C–N with tert-alkyl or cyclic N) is 1. The van der Waals surface area contributed by atoms with Crippen molar-refractivity contribution in [3.63, 3.8) is 0 Å². The molecular formula is C30H36N2O5. The van der Waals surface area contributed by atoms with Crippen molar-refractivity contribution in [3.05, 3.63) is 78.4 Å². The number of hydrogen-bond acceptors (Lipinski definition) is 6. The van der Waals surface area contributed by atoms with Gasteiger partial charge in [0.2, 0.25) is 5.91 Å². The summed E-state index contributed by atoms with van der Waals surface area (Å²) in [4.78, 5) is 26.7. The maximum atomic E-state index is 12.9. The van der Waals surface area contributed by atoms with Crippen LogP contribution in [0.4, 0.5) is 0 Å². The van der Waals surface area contributed by atoms with Gasteiger partial charge >= 0.3 is 5.97 Å². The van der Waals surface area contributed by atoms with E-state index in [0.717, 1.165) is 23.4 Å². The lowest BCUT2D eigenvalue weighted by atomic mass is 9.55. The number of fused-ring (bicyclic) bond motifs is 1. The molecule has 1 saturated heterocycles. The van der Waals surface area contributed by atoms with E-state index in [1.165, 1.54) is 13.0 Å². The smallest absolute Gasteiger partial charge is 0.308 e. The second-order valence-electron chi connectivity index (χ2n) is 10.1. The molecule has 7 heteroatoms. The minimum Gasteiger partial charge on any atom is -0.497 e. The van der Waals surface area contributed by atoms with E-state index in [0.29, 0.717) is 44.5 Å². The van der Waals surface area contributed by atoms with E-state index in [1.807, 2.05) is 48.5 Å². The first-order valence-corrected chi connectivity index (χ1v) is 12.7. The summed E-state index contributed by atoms with van der Waals surface area (Å²) < 4.78 is 10.6. The molecule has 4 rings (SSSR count). The first kappa shape index (κ1) is 26.6. The molecule has 37 heavy (non-hydrogen) atoms. The molecule has 2 fully saturated rings. The SMILES string of the molecule is C=CCN1CC[C@@]2(c3cccc(OC(C)=O)c3)C[C@@H](NC(=O)C=Cc3cccc(OC)c3)CC[C@]2(O)C1. The Bertz CT molecular complexity index is 1180. The number of rotatable bonds is 8. The first-order valence-electron chi connectivity index (χ1n) is 12.7. The number of ether oxygens (including phenoxy) is 2. The van der Waals surface area contributed by atoms with Crippen LogP contribution in [0.1, 0.15) is 43.7 Å². The third kappa shape index (κ3) is 5.95. The summed E-state index contributed by atoms with van der Waals surface area (Å²) in [7, 11) is 1.61. The van der Waals surface area contributed by atoms with Gasteiger partial charge in [-0.25, -0.2) is 0 Å². The standard InChI is InChI=1S/C30H36N2O5/c1-4-16-32-17-15-29(24-8-6-10-27(19-24)37-22(2)33)20-25(13-14-30(29,35)21-32)31-28(34)12-11-23-7-5-9-26(18-23)36-3/h4-12,18-19,25,35H,1,13-17,20-21H2,2-3H3,(H,31,34)/t25-,29-,30-/m0/s1. The number of amides is 1.